The number of ether oxygens (including phenoxy) is 2. The minimum atomic E-state index is -0.180. The van der Waals surface area contributed by atoms with Crippen molar-refractivity contribution in [2.75, 3.05) is 18.5 Å². The van der Waals surface area contributed by atoms with Crippen LogP contribution in [0, 0.1) is 0 Å². The molecule has 1 aromatic carbocycles. The van der Waals surface area contributed by atoms with Crippen LogP contribution >= 0.6 is 0 Å². The quantitative estimate of drug-likeness (QED) is 0.922. The number of hydrogen-bond donors (Lipinski definition) is 1. The molecule has 114 valence electrons. The van der Waals surface area contributed by atoms with E-state index in [2.05, 4.69) is 10.3 Å². The number of hydrogen-bond acceptors (Lipinski definition) is 4. The van der Waals surface area contributed by atoms with Gasteiger partial charge in [0.2, 0.25) is 0 Å². The Labute approximate surface area is 129 Å². The SMILES string of the molecule is O=C(Nc1ccc(OC[C@@H]2CCCO2)cc1)c1cccnc1. The predicted octanol–water partition coefficient (Wildman–Crippen LogP) is 2.89. The lowest BCUT2D eigenvalue weighted by Gasteiger charge is -2.12. The molecule has 0 spiro atoms. The largest absolute Gasteiger partial charge is 0.491 e. The lowest BCUT2D eigenvalue weighted by molar-refractivity contribution is 0.0679. The molecule has 1 aliphatic heterocycles. The number of anilines is 1. The summed E-state index contributed by atoms with van der Waals surface area (Å²) in [5.41, 5.74) is 1.25. The van der Waals surface area contributed by atoms with Gasteiger partial charge in [-0.2, -0.15) is 0 Å². The van der Waals surface area contributed by atoms with E-state index in [9.17, 15) is 4.79 Å². The van der Waals surface area contributed by atoms with Crippen molar-refractivity contribution >= 4 is 11.6 Å². The number of amides is 1. The van der Waals surface area contributed by atoms with Crippen LogP contribution in [0.25, 0.3) is 0 Å². The van der Waals surface area contributed by atoms with Crippen molar-refractivity contribution in [2.45, 2.75) is 18.9 Å². The van der Waals surface area contributed by atoms with Crippen LogP contribution in [-0.2, 0) is 4.74 Å². The molecule has 2 heterocycles. The number of carbonyl (C=O) groups excluding carboxylic acids is 1. The van der Waals surface area contributed by atoms with Crippen molar-refractivity contribution in [3.8, 4) is 5.75 Å². The second-order valence-electron chi connectivity index (χ2n) is 5.17. The fourth-order valence-electron chi connectivity index (χ4n) is 2.30. The molecule has 1 atom stereocenters. The fourth-order valence-corrected chi connectivity index (χ4v) is 2.30. The molecule has 3 rings (SSSR count). The first kappa shape index (κ1) is 14.5. The number of carbonyl (C=O) groups is 1. The minimum Gasteiger partial charge on any atom is -0.491 e. The van der Waals surface area contributed by atoms with Gasteiger partial charge in [0.1, 0.15) is 12.4 Å². The summed E-state index contributed by atoms with van der Waals surface area (Å²) in [6, 6.07) is 10.8. The van der Waals surface area contributed by atoms with E-state index >= 15 is 0 Å². The van der Waals surface area contributed by atoms with Crippen molar-refractivity contribution in [1.29, 1.82) is 0 Å². The van der Waals surface area contributed by atoms with Crippen molar-refractivity contribution in [1.82, 2.24) is 4.98 Å². The summed E-state index contributed by atoms with van der Waals surface area (Å²) in [6.45, 7) is 1.40. The van der Waals surface area contributed by atoms with Crippen LogP contribution in [0.3, 0.4) is 0 Å². The van der Waals surface area contributed by atoms with Crippen LogP contribution in [0.1, 0.15) is 23.2 Å². The third-order valence-corrected chi connectivity index (χ3v) is 3.50. The van der Waals surface area contributed by atoms with E-state index in [1.54, 1.807) is 18.3 Å². The summed E-state index contributed by atoms with van der Waals surface area (Å²) in [7, 11) is 0. The molecule has 1 aliphatic rings. The lowest BCUT2D eigenvalue weighted by atomic mass is 10.2. The average molecular weight is 298 g/mol. The molecule has 0 radical (unpaired) electrons. The van der Waals surface area contributed by atoms with E-state index in [-0.39, 0.29) is 12.0 Å². The Balaban J connectivity index is 1.53. The van der Waals surface area contributed by atoms with Crippen LogP contribution < -0.4 is 10.1 Å². The molecular weight excluding hydrogens is 280 g/mol. The summed E-state index contributed by atoms with van der Waals surface area (Å²) >= 11 is 0. The van der Waals surface area contributed by atoms with Gasteiger partial charge in [0.05, 0.1) is 11.7 Å². The highest BCUT2D eigenvalue weighted by atomic mass is 16.5. The van der Waals surface area contributed by atoms with Gasteiger partial charge < -0.3 is 14.8 Å². The van der Waals surface area contributed by atoms with Gasteiger partial charge in [-0.1, -0.05) is 0 Å². The van der Waals surface area contributed by atoms with Crippen LogP contribution in [0.4, 0.5) is 5.69 Å². The summed E-state index contributed by atoms with van der Waals surface area (Å²) < 4.78 is 11.2. The van der Waals surface area contributed by atoms with Crippen LogP contribution in [0.5, 0.6) is 5.75 Å². The van der Waals surface area contributed by atoms with Gasteiger partial charge >= 0.3 is 0 Å². The summed E-state index contributed by atoms with van der Waals surface area (Å²) in [5, 5.41) is 2.82. The number of rotatable bonds is 5. The lowest BCUT2D eigenvalue weighted by Crippen LogP contribution is -2.16. The maximum atomic E-state index is 12.0. The van der Waals surface area contributed by atoms with Gasteiger partial charge in [-0.3, -0.25) is 9.78 Å². The van der Waals surface area contributed by atoms with Gasteiger partial charge in [0, 0.05) is 24.7 Å². The van der Waals surface area contributed by atoms with Crippen molar-refractivity contribution < 1.29 is 14.3 Å². The van der Waals surface area contributed by atoms with Crippen LogP contribution in [-0.4, -0.2) is 30.2 Å². The van der Waals surface area contributed by atoms with Crippen molar-refractivity contribution in [3.63, 3.8) is 0 Å². The Bertz CT molecular complexity index is 608. The normalized spacial score (nSPS) is 17.2. The molecule has 1 fully saturated rings. The molecule has 22 heavy (non-hydrogen) atoms. The van der Waals surface area contributed by atoms with E-state index in [1.807, 2.05) is 24.3 Å². The highest BCUT2D eigenvalue weighted by molar-refractivity contribution is 6.04. The number of nitrogens with zero attached hydrogens (tertiary/aromatic N) is 1. The van der Waals surface area contributed by atoms with Crippen molar-refractivity contribution in [2.24, 2.45) is 0 Å². The molecule has 0 bridgehead atoms. The highest BCUT2D eigenvalue weighted by Crippen LogP contribution is 2.18. The van der Waals surface area contributed by atoms with Gasteiger partial charge in [0.15, 0.2) is 0 Å². The summed E-state index contributed by atoms with van der Waals surface area (Å²) in [5.74, 6) is 0.594. The summed E-state index contributed by atoms with van der Waals surface area (Å²) in [6.07, 6.45) is 5.53. The molecular formula is C17H18N2O3. The molecule has 0 saturated carbocycles. The first-order chi connectivity index (χ1) is 10.8. The second-order valence-corrected chi connectivity index (χ2v) is 5.17. The van der Waals surface area contributed by atoms with Crippen LogP contribution in [0.15, 0.2) is 48.8 Å². The Hall–Kier alpha value is -2.40. The zero-order chi connectivity index (χ0) is 15.2. The first-order valence-electron chi connectivity index (χ1n) is 7.37. The third kappa shape index (κ3) is 3.83. The summed E-state index contributed by atoms with van der Waals surface area (Å²) in [4.78, 5) is 15.9. The average Bonchev–Trinajstić information content (AvgIpc) is 3.08. The Morgan fingerprint density at radius 3 is 2.86 bits per heavy atom. The number of benzene rings is 1. The molecule has 5 nitrogen and oxygen atoms in total. The number of nitrogens with one attached hydrogen (secondary N) is 1. The Kier molecular flexibility index (Phi) is 4.65. The maximum Gasteiger partial charge on any atom is 0.257 e. The van der Waals surface area contributed by atoms with Gasteiger partial charge in [0.25, 0.3) is 5.91 Å². The Morgan fingerprint density at radius 1 is 1.32 bits per heavy atom. The second kappa shape index (κ2) is 7.04. The zero-order valence-electron chi connectivity index (χ0n) is 12.2. The molecule has 0 aliphatic carbocycles. The number of pyridine rings is 1. The minimum absolute atomic E-state index is 0.180. The van der Waals surface area contributed by atoms with Gasteiger partial charge in [-0.15, -0.1) is 0 Å². The maximum absolute atomic E-state index is 12.0. The number of aromatic nitrogens is 1. The van der Waals surface area contributed by atoms with Crippen LogP contribution in [0.2, 0.25) is 0 Å². The van der Waals surface area contributed by atoms with E-state index in [1.165, 1.54) is 6.20 Å². The molecule has 1 N–H and O–H groups in total. The molecule has 2 aromatic rings. The first-order valence-corrected chi connectivity index (χ1v) is 7.37. The third-order valence-electron chi connectivity index (χ3n) is 3.50. The van der Waals surface area contributed by atoms with E-state index < -0.39 is 0 Å². The van der Waals surface area contributed by atoms with E-state index in [4.69, 9.17) is 9.47 Å². The predicted molar refractivity (Wildman–Crippen MR) is 83.1 cm³/mol. The highest BCUT2D eigenvalue weighted by Gasteiger charge is 2.15. The standard InChI is InChI=1S/C17H18N2O3/c20-17(13-3-1-9-18-11-13)19-14-5-7-15(8-6-14)22-12-16-4-2-10-21-16/h1,3,5-9,11,16H,2,4,10,12H2,(H,19,20)/t16-/m0/s1. The molecule has 1 aromatic heterocycles. The van der Waals surface area contributed by atoms with E-state index in [0.717, 1.165) is 30.9 Å². The molecule has 5 heteroatoms. The van der Waals surface area contributed by atoms with Gasteiger partial charge in [-0.05, 0) is 49.2 Å². The van der Waals surface area contributed by atoms with Crippen molar-refractivity contribution in [3.05, 3.63) is 54.4 Å². The Morgan fingerprint density at radius 2 is 2.18 bits per heavy atom. The fraction of sp³-hybridized carbons (Fsp3) is 0.294. The topological polar surface area (TPSA) is 60.5 Å². The molecule has 0 unspecified atom stereocenters. The smallest absolute Gasteiger partial charge is 0.257 e. The molecule has 1 saturated heterocycles. The van der Waals surface area contributed by atoms with E-state index in [0.29, 0.717) is 12.2 Å². The zero-order valence-corrected chi connectivity index (χ0v) is 12.2. The van der Waals surface area contributed by atoms with Gasteiger partial charge in [-0.25, -0.2) is 0 Å². The monoisotopic (exact) mass is 298 g/mol. The molecule has 1 amide bonds.